The van der Waals surface area contributed by atoms with Crippen LogP contribution in [0.25, 0.3) is 0 Å². The Morgan fingerprint density at radius 3 is 1.72 bits per heavy atom. The van der Waals surface area contributed by atoms with Gasteiger partial charge in [-0.3, -0.25) is 9.05 Å². The van der Waals surface area contributed by atoms with Crippen molar-refractivity contribution in [2.75, 3.05) is 26.3 Å². The van der Waals surface area contributed by atoms with Gasteiger partial charge in [0.15, 0.2) is 5.81 Å². The maximum absolute atomic E-state index is 11.8. The lowest BCUT2D eigenvalue weighted by atomic mass is 10.4. The molecule has 0 amide bonds. The quantitative estimate of drug-likeness (QED) is 0.467. The van der Waals surface area contributed by atoms with Gasteiger partial charge in [-0.25, -0.2) is 4.57 Å². The standard InChI is InChI=1S/C11H24N3O3P/c1-10(2)13-5-7-16-18(15,9-12)17-8-6-14-11(3)4/h10-11,13-14H,5-8H2,1-4H3. The number of nitrogens with one attached hydrogen (secondary N) is 2. The lowest BCUT2D eigenvalue weighted by Gasteiger charge is -2.14. The Morgan fingerprint density at radius 2 is 1.44 bits per heavy atom. The molecular weight excluding hydrogens is 253 g/mol. The summed E-state index contributed by atoms with van der Waals surface area (Å²) in [6.45, 7) is 9.46. The van der Waals surface area contributed by atoms with Gasteiger partial charge in [-0.05, 0) is 0 Å². The normalized spacial score (nSPS) is 12.1. The first-order valence-corrected chi connectivity index (χ1v) is 7.71. The SMILES string of the molecule is CC(C)NCCOP(=O)(C#N)OCCNC(C)C. The van der Waals surface area contributed by atoms with E-state index in [4.69, 9.17) is 14.3 Å². The molecule has 0 bridgehead atoms. The molecule has 0 atom stereocenters. The molecule has 0 saturated carbocycles. The van der Waals surface area contributed by atoms with Crippen molar-refractivity contribution < 1.29 is 13.6 Å². The van der Waals surface area contributed by atoms with Crippen LogP contribution in [0.2, 0.25) is 0 Å². The van der Waals surface area contributed by atoms with Gasteiger partial charge in [0.25, 0.3) is 0 Å². The first kappa shape index (κ1) is 17.6. The number of nitrogens with zero attached hydrogens (tertiary/aromatic N) is 1. The topological polar surface area (TPSA) is 83.4 Å². The van der Waals surface area contributed by atoms with Crippen molar-refractivity contribution in [3.05, 3.63) is 0 Å². The fraction of sp³-hybridized carbons (Fsp3) is 0.909. The highest BCUT2D eigenvalue weighted by molar-refractivity contribution is 7.59. The van der Waals surface area contributed by atoms with Crippen LogP contribution in [0, 0.1) is 11.1 Å². The van der Waals surface area contributed by atoms with Crippen LogP contribution >= 0.6 is 7.60 Å². The van der Waals surface area contributed by atoms with Crippen molar-refractivity contribution in [1.29, 1.82) is 5.26 Å². The summed E-state index contributed by atoms with van der Waals surface area (Å²) in [4.78, 5) is 0. The highest BCUT2D eigenvalue weighted by Crippen LogP contribution is 2.46. The molecule has 0 aliphatic carbocycles. The van der Waals surface area contributed by atoms with E-state index in [1.807, 2.05) is 27.7 Å². The molecule has 0 aliphatic heterocycles. The Bertz CT molecular complexity index is 282. The first-order valence-electron chi connectivity index (χ1n) is 6.17. The Balaban J connectivity index is 3.82. The zero-order valence-electron chi connectivity index (χ0n) is 11.6. The number of hydrogen-bond acceptors (Lipinski definition) is 6. The fourth-order valence-electron chi connectivity index (χ4n) is 1.12. The van der Waals surface area contributed by atoms with E-state index in [0.29, 0.717) is 25.2 Å². The van der Waals surface area contributed by atoms with E-state index in [2.05, 4.69) is 10.6 Å². The van der Waals surface area contributed by atoms with Gasteiger partial charge in [0.2, 0.25) is 0 Å². The van der Waals surface area contributed by atoms with E-state index in [-0.39, 0.29) is 13.2 Å². The minimum absolute atomic E-state index is 0.195. The van der Waals surface area contributed by atoms with Gasteiger partial charge in [-0.2, -0.15) is 5.26 Å². The maximum Gasteiger partial charge on any atom is 0.431 e. The Morgan fingerprint density at radius 1 is 1.06 bits per heavy atom. The summed E-state index contributed by atoms with van der Waals surface area (Å²) in [5, 5.41) is 15.0. The molecule has 0 aromatic heterocycles. The molecule has 0 fully saturated rings. The molecule has 0 unspecified atom stereocenters. The van der Waals surface area contributed by atoms with Crippen LogP contribution in [0.4, 0.5) is 0 Å². The largest absolute Gasteiger partial charge is 0.431 e. The molecule has 7 heteroatoms. The van der Waals surface area contributed by atoms with Gasteiger partial charge < -0.3 is 10.6 Å². The summed E-state index contributed by atoms with van der Waals surface area (Å²) < 4.78 is 21.8. The Kier molecular flexibility index (Phi) is 9.25. The fourth-order valence-corrected chi connectivity index (χ4v) is 1.98. The second-order valence-electron chi connectivity index (χ2n) is 4.48. The zero-order chi connectivity index (χ0) is 14.0. The van der Waals surface area contributed by atoms with E-state index in [0.717, 1.165) is 0 Å². The lowest BCUT2D eigenvalue weighted by Crippen LogP contribution is -2.27. The van der Waals surface area contributed by atoms with Gasteiger partial charge in [0.05, 0.1) is 13.2 Å². The molecule has 18 heavy (non-hydrogen) atoms. The van der Waals surface area contributed by atoms with E-state index in [9.17, 15) is 4.57 Å². The van der Waals surface area contributed by atoms with Gasteiger partial charge in [0, 0.05) is 25.2 Å². The van der Waals surface area contributed by atoms with Crippen molar-refractivity contribution in [1.82, 2.24) is 10.6 Å². The molecular formula is C11H24N3O3P. The highest BCUT2D eigenvalue weighted by atomic mass is 31.2. The van der Waals surface area contributed by atoms with Crippen LogP contribution < -0.4 is 10.6 Å². The van der Waals surface area contributed by atoms with Crippen LogP contribution in [0.3, 0.4) is 0 Å². The zero-order valence-corrected chi connectivity index (χ0v) is 12.5. The van der Waals surface area contributed by atoms with Gasteiger partial charge in [-0.15, -0.1) is 0 Å². The summed E-state index contributed by atoms with van der Waals surface area (Å²) in [5.74, 6) is 1.61. The van der Waals surface area contributed by atoms with Crippen molar-refractivity contribution >= 4 is 7.60 Å². The lowest BCUT2D eigenvalue weighted by molar-refractivity contribution is 0.211. The van der Waals surface area contributed by atoms with Crippen LogP contribution in [-0.2, 0) is 13.6 Å². The van der Waals surface area contributed by atoms with Crippen molar-refractivity contribution in [3.63, 3.8) is 0 Å². The van der Waals surface area contributed by atoms with Crippen LogP contribution in [-0.4, -0.2) is 38.4 Å². The average molecular weight is 277 g/mol. The molecule has 0 saturated heterocycles. The second-order valence-corrected chi connectivity index (χ2v) is 6.19. The smallest absolute Gasteiger partial charge is 0.312 e. The molecule has 0 rings (SSSR count). The number of hydrogen-bond donors (Lipinski definition) is 2. The minimum Gasteiger partial charge on any atom is -0.312 e. The molecule has 0 radical (unpaired) electrons. The van der Waals surface area contributed by atoms with E-state index in [1.54, 1.807) is 5.81 Å². The Hall–Kier alpha value is -0.440. The third-order valence-electron chi connectivity index (χ3n) is 1.95. The molecule has 2 N–H and O–H groups in total. The maximum atomic E-state index is 11.8. The van der Waals surface area contributed by atoms with Gasteiger partial charge in [0.1, 0.15) is 0 Å². The molecule has 0 spiro atoms. The van der Waals surface area contributed by atoms with E-state index >= 15 is 0 Å². The summed E-state index contributed by atoms with van der Waals surface area (Å²) in [6.07, 6.45) is 0. The van der Waals surface area contributed by atoms with Crippen LogP contribution in [0.1, 0.15) is 27.7 Å². The van der Waals surface area contributed by atoms with Gasteiger partial charge in [-0.1, -0.05) is 27.7 Å². The minimum atomic E-state index is -3.59. The molecule has 6 nitrogen and oxygen atoms in total. The van der Waals surface area contributed by atoms with Crippen LogP contribution in [0.5, 0.6) is 0 Å². The van der Waals surface area contributed by atoms with Gasteiger partial charge >= 0.3 is 7.60 Å². The predicted molar refractivity (Wildman–Crippen MR) is 71.4 cm³/mol. The summed E-state index contributed by atoms with van der Waals surface area (Å²) in [6, 6.07) is 0.650. The third-order valence-corrected chi connectivity index (χ3v) is 3.24. The molecule has 0 heterocycles. The van der Waals surface area contributed by atoms with Crippen LogP contribution in [0.15, 0.2) is 0 Å². The molecule has 0 aromatic carbocycles. The molecule has 0 aromatic rings. The highest BCUT2D eigenvalue weighted by Gasteiger charge is 2.23. The van der Waals surface area contributed by atoms with E-state index < -0.39 is 7.60 Å². The third kappa shape index (κ3) is 9.58. The first-order chi connectivity index (χ1) is 8.39. The monoisotopic (exact) mass is 277 g/mol. The summed E-state index contributed by atoms with van der Waals surface area (Å²) >= 11 is 0. The second kappa shape index (κ2) is 9.48. The van der Waals surface area contributed by atoms with Crippen molar-refractivity contribution in [2.24, 2.45) is 0 Å². The summed E-state index contributed by atoms with van der Waals surface area (Å²) in [7, 11) is -3.59. The number of nitriles is 1. The predicted octanol–water partition coefficient (Wildman–Crippen LogP) is 1.69. The molecule has 0 aliphatic rings. The Labute approximate surface area is 110 Å². The average Bonchev–Trinajstić information content (AvgIpc) is 2.30. The van der Waals surface area contributed by atoms with Crippen molar-refractivity contribution in [2.45, 2.75) is 39.8 Å². The van der Waals surface area contributed by atoms with Crippen molar-refractivity contribution in [3.8, 4) is 5.81 Å². The van der Waals surface area contributed by atoms with E-state index in [1.165, 1.54) is 0 Å². The molecule has 106 valence electrons. The number of rotatable bonds is 10. The summed E-state index contributed by atoms with van der Waals surface area (Å²) in [5.41, 5.74) is 0.